The van der Waals surface area contributed by atoms with Crippen molar-refractivity contribution in [3.05, 3.63) is 53.1 Å². The van der Waals surface area contributed by atoms with E-state index in [2.05, 4.69) is 20.4 Å². The van der Waals surface area contributed by atoms with Gasteiger partial charge in [0.25, 0.3) is 5.78 Å². The van der Waals surface area contributed by atoms with Crippen molar-refractivity contribution in [1.82, 2.24) is 19.6 Å². The topological polar surface area (TPSA) is 72.2 Å². The van der Waals surface area contributed by atoms with Crippen LogP contribution < -0.4 is 5.32 Å². The Kier molecular flexibility index (Phi) is 4.20. The molecular formula is C16H15F2N5O. The molecule has 1 N–H and O–H groups in total. The van der Waals surface area contributed by atoms with Crippen LogP contribution >= 0.6 is 0 Å². The SMILES string of the molecule is Cc1nc2ncnn2c(C)c1CCC(=O)Nc1ccc(F)cc1F. The van der Waals surface area contributed by atoms with Gasteiger partial charge < -0.3 is 5.32 Å². The summed E-state index contributed by atoms with van der Waals surface area (Å²) in [5.41, 5.74) is 2.48. The van der Waals surface area contributed by atoms with E-state index in [1.807, 2.05) is 13.8 Å². The number of aromatic nitrogens is 4. The van der Waals surface area contributed by atoms with E-state index < -0.39 is 11.6 Å². The van der Waals surface area contributed by atoms with Crippen molar-refractivity contribution in [1.29, 1.82) is 0 Å². The van der Waals surface area contributed by atoms with E-state index in [9.17, 15) is 13.6 Å². The molecular weight excluding hydrogens is 316 g/mol. The second-order valence-electron chi connectivity index (χ2n) is 5.41. The number of nitrogens with zero attached hydrogens (tertiary/aromatic N) is 4. The number of hydrogen-bond acceptors (Lipinski definition) is 4. The molecule has 1 aromatic carbocycles. The minimum atomic E-state index is -0.804. The lowest BCUT2D eigenvalue weighted by molar-refractivity contribution is -0.116. The standard InChI is InChI=1S/C16H15F2N5O/c1-9-12(10(2)23-16(21-9)19-8-20-23)4-6-15(24)22-14-5-3-11(17)7-13(14)18/h3,5,7-8H,4,6H2,1-2H3,(H,22,24). The first-order valence-electron chi connectivity index (χ1n) is 7.36. The summed E-state index contributed by atoms with van der Waals surface area (Å²) in [6.45, 7) is 3.72. The molecule has 1 amide bonds. The highest BCUT2D eigenvalue weighted by Gasteiger charge is 2.13. The van der Waals surface area contributed by atoms with E-state index in [0.29, 0.717) is 12.2 Å². The number of halogens is 2. The van der Waals surface area contributed by atoms with E-state index in [1.54, 1.807) is 4.52 Å². The molecule has 2 aromatic heterocycles. The summed E-state index contributed by atoms with van der Waals surface area (Å²) in [5.74, 6) is -1.35. The fraction of sp³-hybridized carbons (Fsp3) is 0.250. The van der Waals surface area contributed by atoms with Gasteiger partial charge in [0.2, 0.25) is 5.91 Å². The van der Waals surface area contributed by atoms with Crippen molar-refractivity contribution < 1.29 is 13.6 Å². The van der Waals surface area contributed by atoms with E-state index >= 15 is 0 Å². The highest BCUT2D eigenvalue weighted by molar-refractivity contribution is 5.90. The van der Waals surface area contributed by atoms with E-state index in [0.717, 1.165) is 29.1 Å². The lowest BCUT2D eigenvalue weighted by Crippen LogP contribution is -2.15. The fourth-order valence-corrected chi connectivity index (χ4v) is 2.56. The van der Waals surface area contributed by atoms with Crippen molar-refractivity contribution >= 4 is 17.4 Å². The van der Waals surface area contributed by atoms with Gasteiger partial charge in [-0.2, -0.15) is 10.1 Å². The Balaban J connectivity index is 1.72. The van der Waals surface area contributed by atoms with Gasteiger partial charge in [0, 0.05) is 23.9 Å². The zero-order valence-electron chi connectivity index (χ0n) is 13.2. The molecule has 2 heterocycles. The third-order valence-electron chi connectivity index (χ3n) is 3.80. The molecule has 0 saturated carbocycles. The van der Waals surface area contributed by atoms with E-state index in [1.165, 1.54) is 12.4 Å². The quantitative estimate of drug-likeness (QED) is 0.797. The number of amides is 1. The maximum absolute atomic E-state index is 13.6. The molecule has 0 atom stereocenters. The summed E-state index contributed by atoms with van der Waals surface area (Å²) in [4.78, 5) is 20.4. The largest absolute Gasteiger partial charge is 0.324 e. The summed E-state index contributed by atoms with van der Waals surface area (Å²) < 4.78 is 28.0. The van der Waals surface area contributed by atoms with Gasteiger partial charge in [-0.1, -0.05) is 0 Å². The molecule has 0 aliphatic rings. The molecule has 8 heteroatoms. The number of fused-ring (bicyclic) bond motifs is 1. The molecule has 3 aromatic rings. The predicted octanol–water partition coefficient (Wildman–Crippen LogP) is 2.59. The Morgan fingerprint density at radius 1 is 1.29 bits per heavy atom. The van der Waals surface area contributed by atoms with Crippen LogP contribution in [0.1, 0.15) is 23.4 Å². The fourth-order valence-electron chi connectivity index (χ4n) is 2.56. The second-order valence-corrected chi connectivity index (χ2v) is 5.41. The van der Waals surface area contributed by atoms with Gasteiger partial charge in [-0.05, 0) is 38.0 Å². The van der Waals surface area contributed by atoms with Crippen molar-refractivity contribution in [2.45, 2.75) is 26.7 Å². The normalized spacial score (nSPS) is 11.0. The number of rotatable bonds is 4. The number of carbonyl (C=O) groups excluding carboxylic acids is 1. The number of aryl methyl sites for hydroxylation is 2. The maximum atomic E-state index is 13.6. The molecule has 0 fully saturated rings. The number of carbonyl (C=O) groups is 1. The first-order chi connectivity index (χ1) is 11.5. The van der Waals surface area contributed by atoms with Crippen LogP contribution in [-0.2, 0) is 11.2 Å². The summed E-state index contributed by atoms with van der Waals surface area (Å²) >= 11 is 0. The van der Waals surface area contributed by atoms with Crippen LogP contribution in [0.15, 0.2) is 24.5 Å². The van der Waals surface area contributed by atoms with Gasteiger partial charge in [0.05, 0.1) is 5.69 Å². The van der Waals surface area contributed by atoms with E-state index in [4.69, 9.17) is 0 Å². The van der Waals surface area contributed by atoms with Crippen LogP contribution in [0.2, 0.25) is 0 Å². The third-order valence-corrected chi connectivity index (χ3v) is 3.80. The van der Waals surface area contributed by atoms with Gasteiger partial charge >= 0.3 is 0 Å². The molecule has 6 nitrogen and oxygen atoms in total. The molecule has 0 unspecified atom stereocenters. The molecule has 0 spiro atoms. The molecule has 0 aliphatic heterocycles. The lowest BCUT2D eigenvalue weighted by atomic mass is 10.1. The number of hydrogen-bond donors (Lipinski definition) is 1. The molecule has 3 rings (SSSR count). The van der Waals surface area contributed by atoms with Gasteiger partial charge in [-0.25, -0.2) is 18.3 Å². The first-order valence-corrected chi connectivity index (χ1v) is 7.36. The summed E-state index contributed by atoms with van der Waals surface area (Å²) in [7, 11) is 0. The summed E-state index contributed by atoms with van der Waals surface area (Å²) in [6, 6.07) is 3.02. The molecule has 0 aliphatic carbocycles. The molecule has 0 bridgehead atoms. The Morgan fingerprint density at radius 2 is 2.08 bits per heavy atom. The van der Waals surface area contributed by atoms with Crippen LogP contribution in [0.4, 0.5) is 14.5 Å². The van der Waals surface area contributed by atoms with Crippen molar-refractivity contribution in [2.75, 3.05) is 5.32 Å². The van der Waals surface area contributed by atoms with Gasteiger partial charge in [-0.15, -0.1) is 0 Å². The second kappa shape index (κ2) is 6.31. The predicted molar refractivity (Wildman–Crippen MR) is 83.6 cm³/mol. The monoisotopic (exact) mass is 331 g/mol. The van der Waals surface area contributed by atoms with Crippen molar-refractivity contribution in [3.8, 4) is 0 Å². The molecule has 0 radical (unpaired) electrons. The van der Waals surface area contributed by atoms with Crippen molar-refractivity contribution in [2.24, 2.45) is 0 Å². The Morgan fingerprint density at radius 3 is 2.83 bits per heavy atom. The smallest absolute Gasteiger partial charge is 0.252 e. The third kappa shape index (κ3) is 3.08. The molecule has 24 heavy (non-hydrogen) atoms. The molecule has 124 valence electrons. The Hall–Kier alpha value is -2.90. The van der Waals surface area contributed by atoms with Crippen LogP contribution in [0.3, 0.4) is 0 Å². The zero-order chi connectivity index (χ0) is 17.3. The maximum Gasteiger partial charge on any atom is 0.252 e. The average molecular weight is 331 g/mol. The van der Waals surface area contributed by atoms with Crippen LogP contribution in [0, 0.1) is 25.5 Å². The zero-order valence-corrected chi connectivity index (χ0v) is 13.2. The molecule has 0 saturated heterocycles. The van der Waals surface area contributed by atoms with Gasteiger partial charge in [-0.3, -0.25) is 4.79 Å². The first kappa shape index (κ1) is 16.0. The average Bonchev–Trinajstić information content (AvgIpc) is 2.98. The minimum absolute atomic E-state index is 0.0419. The van der Waals surface area contributed by atoms with Crippen LogP contribution in [0.25, 0.3) is 5.78 Å². The van der Waals surface area contributed by atoms with E-state index in [-0.39, 0.29) is 18.0 Å². The number of nitrogens with one attached hydrogen (secondary N) is 1. The van der Waals surface area contributed by atoms with Crippen LogP contribution in [-0.4, -0.2) is 25.5 Å². The van der Waals surface area contributed by atoms with Crippen molar-refractivity contribution in [3.63, 3.8) is 0 Å². The Labute approximate surface area is 136 Å². The Bertz CT molecular complexity index is 922. The van der Waals surface area contributed by atoms with Gasteiger partial charge in [0.1, 0.15) is 18.0 Å². The van der Waals surface area contributed by atoms with Crippen LogP contribution in [0.5, 0.6) is 0 Å². The number of benzene rings is 1. The minimum Gasteiger partial charge on any atom is -0.324 e. The highest BCUT2D eigenvalue weighted by Crippen LogP contribution is 2.17. The van der Waals surface area contributed by atoms with Gasteiger partial charge in [0.15, 0.2) is 0 Å². The number of anilines is 1. The summed E-state index contributed by atoms with van der Waals surface area (Å²) in [6.07, 6.45) is 1.98. The lowest BCUT2D eigenvalue weighted by Gasteiger charge is -2.11. The summed E-state index contributed by atoms with van der Waals surface area (Å²) in [5, 5.41) is 6.54. The highest BCUT2D eigenvalue weighted by atomic mass is 19.1.